The number of anilines is 2. The maximum Gasteiger partial charge on any atom is 0.306 e. The normalized spacial score (nSPS) is 15.8. The van der Waals surface area contributed by atoms with Crippen LogP contribution in [-0.4, -0.2) is 54.4 Å². The highest BCUT2D eigenvalue weighted by Gasteiger charge is 2.25. The average molecular weight is 308 g/mol. The Morgan fingerprint density at radius 2 is 2.18 bits per heavy atom. The van der Waals surface area contributed by atoms with Gasteiger partial charge in [-0.05, 0) is 26.2 Å². The van der Waals surface area contributed by atoms with Crippen molar-refractivity contribution >= 4 is 17.7 Å². The number of carboxylic acid groups (broad SMARTS) is 1. The summed E-state index contributed by atoms with van der Waals surface area (Å²) >= 11 is 0. The lowest BCUT2D eigenvalue weighted by atomic mass is 9.97. The van der Waals surface area contributed by atoms with Crippen LogP contribution >= 0.6 is 0 Å². The Balaban J connectivity index is 1.96. The molecule has 1 fully saturated rings. The number of methoxy groups -OCH3 is 1. The molecular weight excluding hydrogens is 284 g/mol. The molecule has 0 unspecified atom stereocenters. The van der Waals surface area contributed by atoms with Gasteiger partial charge in [0, 0.05) is 45.1 Å². The van der Waals surface area contributed by atoms with Gasteiger partial charge >= 0.3 is 5.97 Å². The highest BCUT2D eigenvalue weighted by atomic mass is 16.5. The molecule has 7 heteroatoms. The standard InChI is InChI=1S/C15H24N4O3/c1-11-10-13(18-15(17-11)16-6-3-9-22-2)19-7-4-12(5-8-19)14(20)21/h10,12H,3-9H2,1-2H3,(H,20,21)(H,16,17,18). The summed E-state index contributed by atoms with van der Waals surface area (Å²) in [6, 6.07) is 1.95. The van der Waals surface area contributed by atoms with Gasteiger partial charge in [0.05, 0.1) is 5.92 Å². The molecule has 2 N–H and O–H groups in total. The predicted molar refractivity (Wildman–Crippen MR) is 84.3 cm³/mol. The van der Waals surface area contributed by atoms with Crippen LogP contribution in [0, 0.1) is 12.8 Å². The summed E-state index contributed by atoms with van der Waals surface area (Å²) in [6.45, 7) is 4.84. The van der Waals surface area contributed by atoms with Crippen molar-refractivity contribution in [2.45, 2.75) is 26.2 Å². The zero-order chi connectivity index (χ0) is 15.9. The molecule has 7 nitrogen and oxygen atoms in total. The van der Waals surface area contributed by atoms with Crippen LogP contribution < -0.4 is 10.2 Å². The predicted octanol–water partition coefficient (Wildman–Crippen LogP) is 1.53. The van der Waals surface area contributed by atoms with Crippen molar-refractivity contribution in [3.63, 3.8) is 0 Å². The van der Waals surface area contributed by atoms with E-state index >= 15 is 0 Å². The van der Waals surface area contributed by atoms with E-state index in [1.165, 1.54) is 0 Å². The number of hydrogen-bond donors (Lipinski definition) is 2. The number of aryl methyl sites for hydroxylation is 1. The summed E-state index contributed by atoms with van der Waals surface area (Å²) in [6.07, 6.45) is 2.22. The number of aromatic nitrogens is 2. The average Bonchev–Trinajstić information content (AvgIpc) is 2.51. The van der Waals surface area contributed by atoms with Crippen LogP contribution in [0.1, 0.15) is 25.0 Å². The Hall–Kier alpha value is -1.89. The minimum absolute atomic E-state index is 0.231. The first-order chi connectivity index (χ1) is 10.6. The van der Waals surface area contributed by atoms with Crippen LogP contribution in [0.5, 0.6) is 0 Å². The lowest BCUT2D eigenvalue weighted by Gasteiger charge is -2.31. The maximum atomic E-state index is 11.0. The molecule has 0 saturated carbocycles. The molecule has 1 aromatic heterocycles. The van der Waals surface area contributed by atoms with E-state index in [1.807, 2.05) is 13.0 Å². The van der Waals surface area contributed by atoms with E-state index in [2.05, 4.69) is 20.2 Å². The van der Waals surface area contributed by atoms with Gasteiger partial charge in [-0.25, -0.2) is 4.98 Å². The molecule has 2 rings (SSSR count). The van der Waals surface area contributed by atoms with Gasteiger partial charge in [-0.1, -0.05) is 0 Å². The molecule has 1 aliphatic heterocycles. The van der Waals surface area contributed by atoms with Gasteiger partial charge < -0.3 is 20.1 Å². The van der Waals surface area contributed by atoms with E-state index in [0.29, 0.717) is 25.4 Å². The molecule has 0 amide bonds. The van der Waals surface area contributed by atoms with E-state index in [4.69, 9.17) is 9.84 Å². The first-order valence-electron chi connectivity index (χ1n) is 7.66. The van der Waals surface area contributed by atoms with E-state index < -0.39 is 5.97 Å². The van der Waals surface area contributed by atoms with Crippen LogP contribution in [-0.2, 0) is 9.53 Å². The van der Waals surface area contributed by atoms with E-state index in [1.54, 1.807) is 7.11 Å². The molecule has 2 heterocycles. The quantitative estimate of drug-likeness (QED) is 0.739. The van der Waals surface area contributed by atoms with Crippen LogP contribution in [0.25, 0.3) is 0 Å². The number of hydrogen-bond acceptors (Lipinski definition) is 6. The minimum atomic E-state index is -0.695. The van der Waals surface area contributed by atoms with E-state index in [0.717, 1.165) is 37.6 Å². The number of rotatable bonds is 7. The van der Waals surface area contributed by atoms with Crippen molar-refractivity contribution in [3.8, 4) is 0 Å². The molecule has 0 aromatic carbocycles. The molecule has 1 aliphatic rings. The molecule has 22 heavy (non-hydrogen) atoms. The molecule has 0 radical (unpaired) electrons. The smallest absolute Gasteiger partial charge is 0.306 e. The summed E-state index contributed by atoms with van der Waals surface area (Å²) in [5.74, 6) is 0.557. The van der Waals surface area contributed by atoms with Crippen molar-refractivity contribution in [1.29, 1.82) is 0 Å². The van der Waals surface area contributed by atoms with Gasteiger partial charge in [0.2, 0.25) is 5.95 Å². The van der Waals surface area contributed by atoms with Crippen molar-refractivity contribution < 1.29 is 14.6 Å². The zero-order valence-electron chi connectivity index (χ0n) is 13.2. The lowest BCUT2D eigenvalue weighted by Crippen LogP contribution is -2.37. The second-order valence-corrected chi connectivity index (χ2v) is 5.56. The van der Waals surface area contributed by atoms with Gasteiger partial charge in [0.15, 0.2) is 0 Å². The lowest BCUT2D eigenvalue weighted by molar-refractivity contribution is -0.142. The summed E-state index contributed by atoms with van der Waals surface area (Å²) < 4.78 is 5.01. The second-order valence-electron chi connectivity index (χ2n) is 5.56. The van der Waals surface area contributed by atoms with Crippen molar-refractivity contribution in [2.24, 2.45) is 5.92 Å². The summed E-state index contributed by atoms with van der Waals surface area (Å²) in [7, 11) is 1.68. The van der Waals surface area contributed by atoms with Gasteiger partial charge in [-0.15, -0.1) is 0 Å². The number of ether oxygens (including phenoxy) is 1. The first kappa shape index (κ1) is 16.5. The number of carboxylic acids is 1. The minimum Gasteiger partial charge on any atom is -0.481 e. The molecule has 1 aromatic rings. The summed E-state index contributed by atoms with van der Waals surface area (Å²) in [4.78, 5) is 22.1. The topological polar surface area (TPSA) is 87.6 Å². The molecule has 0 aliphatic carbocycles. The molecule has 0 bridgehead atoms. The maximum absolute atomic E-state index is 11.0. The van der Waals surface area contributed by atoms with Gasteiger partial charge in [0.1, 0.15) is 5.82 Å². The third kappa shape index (κ3) is 4.56. The number of nitrogens with one attached hydrogen (secondary N) is 1. The van der Waals surface area contributed by atoms with Crippen LogP contribution in [0.3, 0.4) is 0 Å². The van der Waals surface area contributed by atoms with Gasteiger partial charge in [0.25, 0.3) is 0 Å². The fourth-order valence-electron chi connectivity index (χ4n) is 2.57. The Labute approximate surface area is 130 Å². The zero-order valence-corrected chi connectivity index (χ0v) is 13.2. The Bertz CT molecular complexity index is 502. The summed E-state index contributed by atoms with van der Waals surface area (Å²) in [5, 5.41) is 12.3. The summed E-state index contributed by atoms with van der Waals surface area (Å²) in [5.41, 5.74) is 0.902. The highest BCUT2D eigenvalue weighted by molar-refractivity contribution is 5.70. The largest absolute Gasteiger partial charge is 0.481 e. The Kier molecular flexibility index (Phi) is 5.94. The van der Waals surface area contributed by atoms with Crippen molar-refractivity contribution in [2.75, 3.05) is 43.6 Å². The third-order valence-electron chi connectivity index (χ3n) is 3.82. The van der Waals surface area contributed by atoms with Crippen LogP contribution in [0.2, 0.25) is 0 Å². The molecule has 0 atom stereocenters. The number of aliphatic carboxylic acids is 1. The molecule has 0 spiro atoms. The van der Waals surface area contributed by atoms with E-state index in [-0.39, 0.29) is 5.92 Å². The number of piperidine rings is 1. The fraction of sp³-hybridized carbons (Fsp3) is 0.667. The Morgan fingerprint density at radius 1 is 1.45 bits per heavy atom. The van der Waals surface area contributed by atoms with Crippen LogP contribution in [0.4, 0.5) is 11.8 Å². The molecule has 122 valence electrons. The third-order valence-corrected chi connectivity index (χ3v) is 3.82. The van der Waals surface area contributed by atoms with Gasteiger partial charge in [-0.3, -0.25) is 4.79 Å². The second kappa shape index (κ2) is 7.93. The fourth-order valence-corrected chi connectivity index (χ4v) is 2.57. The SMILES string of the molecule is COCCCNc1nc(C)cc(N2CCC(C(=O)O)CC2)n1. The van der Waals surface area contributed by atoms with E-state index in [9.17, 15) is 4.79 Å². The molecule has 1 saturated heterocycles. The number of nitrogens with zero attached hydrogens (tertiary/aromatic N) is 3. The van der Waals surface area contributed by atoms with Crippen molar-refractivity contribution in [1.82, 2.24) is 9.97 Å². The Morgan fingerprint density at radius 3 is 2.82 bits per heavy atom. The highest BCUT2D eigenvalue weighted by Crippen LogP contribution is 2.23. The first-order valence-corrected chi connectivity index (χ1v) is 7.66. The van der Waals surface area contributed by atoms with Crippen LogP contribution in [0.15, 0.2) is 6.07 Å². The number of carbonyl (C=O) groups is 1. The van der Waals surface area contributed by atoms with Gasteiger partial charge in [-0.2, -0.15) is 4.98 Å². The van der Waals surface area contributed by atoms with Crippen molar-refractivity contribution in [3.05, 3.63) is 11.8 Å². The monoisotopic (exact) mass is 308 g/mol. The molecular formula is C15H24N4O3.